The first-order chi connectivity index (χ1) is 2.89. The van der Waals surface area contributed by atoms with Crippen molar-refractivity contribution in [2.24, 2.45) is 0 Å². The summed E-state index contributed by atoms with van der Waals surface area (Å²) in [5.41, 5.74) is 3.89. The molecule has 0 atom stereocenters. The van der Waals surface area contributed by atoms with Crippen LogP contribution in [0, 0.1) is 0 Å². The second-order valence-corrected chi connectivity index (χ2v) is 1.34. The van der Waals surface area contributed by atoms with Gasteiger partial charge in [0.15, 0.2) is 0 Å². The second kappa shape index (κ2) is 1.30. The van der Waals surface area contributed by atoms with Gasteiger partial charge in [-0.3, -0.25) is 0 Å². The Labute approximate surface area is 37.4 Å². The van der Waals surface area contributed by atoms with Gasteiger partial charge in [0.25, 0.3) is 0 Å². The molecule has 1 rings (SSSR count). The molecule has 0 fully saturated rings. The smallest absolute Gasteiger partial charge is 0.0396 e. The molecule has 0 saturated carbocycles. The first-order valence-electron chi connectivity index (χ1n) is 1.96. The van der Waals surface area contributed by atoms with Gasteiger partial charge in [0, 0.05) is 19.8 Å². The molecule has 0 aromatic carbocycles. The Kier molecular flexibility index (Phi) is 0.801. The molecule has 6 heavy (non-hydrogen) atoms. The predicted molar refractivity (Wildman–Crippen MR) is 23.9 cm³/mol. The molecule has 0 aromatic heterocycles. The Morgan fingerprint density at radius 1 is 1.83 bits per heavy atom. The van der Waals surface area contributed by atoms with Crippen LogP contribution in [0.15, 0.2) is 12.3 Å². The summed E-state index contributed by atoms with van der Waals surface area (Å²) in [6, 6.07) is 0. The largest absolute Gasteiger partial charge is 0.208 e. The molecule has 0 spiro atoms. The van der Waals surface area contributed by atoms with Gasteiger partial charge in [-0.1, -0.05) is 0 Å². The molecule has 0 unspecified atom stereocenters. The monoisotopic (exact) mass is 83.1 g/mol. The van der Waals surface area contributed by atoms with Crippen LogP contribution < -0.4 is 5.43 Å². The molecule has 0 bridgehead atoms. The molecule has 0 N–H and O–H groups in total. The molecular weight excluding hydrogens is 76.1 g/mol. The Bertz CT molecular complexity index is 59.9. The summed E-state index contributed by atoms with van der Waals surface area (Å²) < 4.78 is 0. The van der Waals surface area contributed by atoms with Crippen molar-refractivity contribution in [2.75, 3.05) is 13.6 Å². The van der Waals surface area contributed by atoms with Gasteiger partial charge >= 0.3 is 0 Å². The summed E-state index contributed by atoms with van der Waals surface area (Å²) >= 11 is 0. The lowest BCUT2D eigenvalue weighted by Gasteiger charge is -2.00. The Hall–Kier alpha value is -0.500. The lowest BCUT2D eigenvalue weighted by molar-refractivity contribution is 0.323. The summed E-state index contributed by atoms with van der Waals surface area (Å²) in [6.07, 6.45) is 3.82. The third-order valence-corrected chi connectivity index (χ3v) is 0.739. The first kappa shape index (κ1) is 3.68. The van der Waals surface area contributed by atoms with Crippen molar-refractivity contribution in [1.29, 1.82) is 0 Å². The van der Waals surface area contributed by atoms with Crippen LogP contribution >= 0.6 is 0 Å². The minimum Gasteiger partial charge on any atom is -0.208 e. The van der Waals surface area contributed by atoms with E-state index in [1.165, 1.54) is 0 Å². The summed E-state index contributed by atoms with van der Waals surface area (Å²) in [5, 5.41) is 1.88. The molecule has 1 aliphatic heterocycles. The van der Waals surface area contributed by atoms with Gasteiger partial charge in [0.05, 0.1) is 0 Å². The van der Waals surface area contributed by atoms with Crippen molar-refractivity contribution in [2.45, 2.75) is 0 Å². The average molecular weight is 83.1 g/mol. The van der Waals surface area contributed by atoms with Crippen LogP contribution in [-0.2, 0) is 0 Å². The van der Waals surface area contributed by atoms with Crippen LogP contribution in [0.3, 0.4) is 0 Å². The molecule has 1 aliphatic rings. The minimum atomic E-state index is 0.972. The van der Waals surface area contributed by atoms with Gasteiger partial charge in [-0.2, -0.15) is 0 Å². The van der Waals surface area contributed by atoms with Crippen LogP contribution in [0.1, 0.15) is 0 Å². The average Bonchev–Trinajstić information content (AvgIpc) is 1.86. The van der Waals surface area contributed by atoms with E-state index in [1.807, 2.05) is 18.1 Å². The molecular formula is C4H7N2. The van der Waals surface area contributed by atoms with Crippen molar-refractivity contribution in [3.63, 3.8) is 0 Å². The van der Waals surface area contributed by atoms with E-state index < -0.39 is 0 Å². The van der Waals surface area contributed by atoms with Gasteiger partial charge in [0.2, 0.25) is 0 Å². The van der Waals surface area contributed by atoms with Gasteiger partial charge in [0.1, 0.15) is 0 Å². The first-order valence-corrected chi connectivity index (χ1v) is 1.96. The Balaban J connectivity index is 2.32. The summed E-state index contributed by atoms with van der Waals surface area (Å²) in [7, 11) is 1.94. The highest BCUT2D eigenvalue weighted by atomic mass is 15.5. The molecule has 1 heterocycles. The second-order valence-electron chi connectivity index (χ2n) is 1.34. The fourth-order valence-corrected chi connectivity index (χ4v) is 0.408. The lowest BCUT2D eigenvalue weighted by Crippen LogP contribution is -2.17. The number of nitrogens with zero attached hydrogens (tertiary/aromatic N) is 2. The van der Waals surface area contributed by atoms with Crippen LogP contribution in [-0.4, -0.2) is 18.6 Å². The number of hydrogen-bond acceptors (Lipinski definition) is 1. The fourth-order valence-electron chi connectivity index (χ4n) is 0.408. The van der Waals surface area contributed by atoms with E-state index in [2.05, 4.69) is 5.43 Å². The van der Waals surface area contributed by atoms with E-state index >= 15 is 0 Å². The Morgan fingerprint density at radius 2 is 2.67 bits per heavy atom. The molecule has 0 aromatic rings. The zero-order valence-corrected chi connectivity index (χ0v) is 3.76. The van der Waals surface area contributed by atoms with Crippen molar-refractivity contribution in [3.8, 4) is 0 Å². The Morgan fingerprint density at radius 3 is 2.83 bits per heavy atom. The number of hydrogen-bond donors (Lipinski definition) is 0. The van der Waals surface area contributed by atoms with Crippen LogP contribution in [0.2, 0.25) is 0 Å². The lowest BCUT2D eigenvalue weighted by atomic mass is 10.6. The highest BCUT2D eigenvalue weighted by Gasteiger charge is 1.95. The van der Waals surface area contributed by atoms with Gasteiger partial charge in [-0.25, -0.2) is 10.4 Å². The maximum absolute atomic E-state index is 3.89. The SMILES string of the molecule is CN1CC=C[N]1. The quantitative estimate of drug-likeness (QED) is 0.402. The van der Waals surface area contributed by atoms with Gasteiger partial charge in [-0.15, -0.1) is 0 Å². The topological polar surface area (TPSA) is 17.3 Å². The van der Waals surface area contributed by atoms with Crippen molar-refractivity contribution in [1.82, 2.24) is 10.4 Å². The summed E-state index contributed by atoms with van der Waals surface area (Å²) in [5.74, 6) is 0. The zero-order chi connectivity index (χ0) is 4.41. The maximum atomic E-state index is 3.89. The van der Waals surface area contributed by atoms with E-state index in [9.17, 15) is 0 Å². The van der Waals surface area contributed by atoms with E-state index in [-0.39, 0.29) is 0 Å². The number of likely N-dealkylation sites (N-methyl/N-ethyl adjacent to an activating group) is 1. The summed E-state index contributed by atoms with van der Waals surface area (Å²) in [4.78, 5) is 0. The maximum Gasteiger partial charge on any atom is 0.0396 e. The molecule has 1 radical (unpaired) electrons. The fraction of sp³-hybridized carbons (Fsp3) is 0.500. The van der Waals surface area contributed by atoms with E-state index in [0.29, 0.717) is 0 Å². The predicted octanol–water partition coefficient (Wildman–Crippen LogP) is -0.0351. The molecule has 0 aliphatic carbocycles. The molecule has 0 amide bonds. The van der Waals surface area contributed by atoms with Gasteiger partial charge < -0.3 is 0 Å². The number of rotatable bonds is 0. The van der Waals surface area contributed by atoms with Crippen molar-refractivity contribution in [3.05, 3.63) is 12.3 Å². The molecule has 2 nitrogen and oxygen atoms in total. The third-order valence-electron chi connectivity index (χ3n) is 0.739. The molecule has 0 saturated heterocycles. The van der Waals surface area contributed by atoms with Gasteiger partial charge in [-0.05, 0) is 6.08 Å². The van der Waals surface area contributed by atoms with Crippen LogP contribution in [0.4, 0.5) is 0 Å². The minimum absolute atomic E-state index is 0.972. The zero-order valence-electron chi connectivity index (χ0n) is 3.76. The van der Waals surface area contributed by atoms with Crippen molar-refractivity contribution < 1.29 is 0 Å². The van der Waals surface area contributed by atoms with Crippen LogP contribution in [0.5, 0.6) is 0 Å². The third kappa shape index (κ3) is 0.518. The van der Waals surface area contributed by atoms with Crippen LogP contribution in [0.25, 0.3) is 0 Å². The highest BCUT2D eigenvalue weighted by Crippen LogP contribution is 1.86. The normalized spacial score (nSPS) is 21.5. The summed E-state index contributed by atoms with van der Waals surface area (Å²) in [6.45, 7) is 0.972. The van der Waals surface area contributed by atoms with E-state index in [1.54, 1.807) is 6.20 Å². The molecule has 33 valence electrons. The van der Waals surface area contributed by atoms with E-state index in [0.717, 1.165) is 6.54 Å². The van der Waals surface area contributed by atoms with E-state index in [4.69, 9.17) is 0 Å². The standard InChI is InChI=1S/C4H7N2/c1-6-4-2-3-5-6/h2-3H,4H2,1H3. The van der Waals surface area contributed by atoms with Crippen molar-refractivity contribution >= 4 is 0 Å². The molecule has 2 heteroatoms. The highest BCUT2D eigenvalue weighted by molar-refractivity contribution is 4.86.